The highest BCUT2D eigenvalue weighted by molar-refractivity contribution is 6.30. The van der Waals surface area contributed by atoms with Crippen molar-refractivity contribution in [2.45, 2.75) is 6.54 Å². The Hall–Kier alpha value is -1.85. The van der Waals surface area contributed by atoms with Crippen molar-refractivity contribution < 1.29 is 9.53 Å². The van der Waals surface area contributed by atoms with E-state index in [1.165, 1.54) is 0 Å². The third kappa shape index (κ3) is 3.56. The standard InChI is InChI=1S/C13H14ClN3O2/c1-19-8-7-17-6-2-3-11(17)13(18)16-12-9-10(14)4-5-15-12/h2-6,9H,7-8H2,1H3,(H,15,16,18). The second kappa shape index (κ2) is 6.36. The number of aromatic nitrogens is 2. The highest BCUT2D eigenvalue weighted by atomic mass is 35.5. The monoisotopic (exact) mass is 279 g/mol. The minimum Gasteiger partial charge on any atom is -0.383 e. The molecule has 0 fully saturated rings. The molecule has 2 aromatic heterocycles. The maximum absolute atomic E-state index is 12.1. The smallest absolute Gasteiger partial charge is 0.273 e. The molecule has 6 heteroatoms. The van der Waals surface area contributed by atoms with Crippen molar-refractivity contribution in [2.24, 2.45) is 0 Å². The normalized spacial score (nSPS) is 10.4. The number of ether oxygens (including phenoxy) is 1. The van der Waals surface area contributed by atoms with E-state index in [9.17, 15) is 4.79 Å². The summed E-state index contributed by atoms with van der Waals surface area (Å²) in [7, 11) is 1.62. The number of halogens is 1. The quantitative estimate of drug-likeness (QED) is 0.914. The zero-order chi connectivity index (χ0) is 13.7. The topological polar surface area (TPSA) is 56.1 Å². The Morgan fingerprint density at radius 1 is 1.53 bits per heavy atom. The first-order valence-corrected chi connectivity index (χ1v) is 6.15. The van der Waals surface area contributed by atoms with Gasteiger partial charge in [0.1, 0.15) is 11.5 Å². The van der Waals surface area contributed by atoms with Crippen LogP contribution in [0.3, 0.4) is 0 Å². The zero-order valence-electron chi connectivity index (χ0n) is 10.5. The molecular weight excluding hydrogens is 266 g/mol. The van der Waals surface area contributed by atoms with Crippen molar-refractivity contribution in [1.82, 2.24) is 9.55 Å². The second-order valence-electron chi connectivity index (χ2n) is 3.89. The number of carbonyl (C=O) groups excluding carboxylic acids is 1. The van der Waals surface area contributed by atoms with Gasteiger partial charge < -0.3 is 14.6 Å². The molecule has 0 bridgehead atoms. The van der Waals surface area contributed by atoms with Crippen molar-refractivity contribution in [1.29, 1.82) is 0 Å². The number of hydrogen-bond donors (Lipinski definition) is 1. The van der Waals surface area contributed by atoms with Gasteiger partial charge in [0.25, 0.3) is 5.91 Å². The minimum absolute atomic E-state index is 0.226. The number of amides is 1. The average Bonchev–Trinajstić information content (AvgIpc) is 2.84. The molecule has 100 valence electrons. The van der Waals surface area contributed by atoms with Gasteiger partial charge in [-0.05, 0) is 24.3 Å². The lowest BCUT2D eigenvalue weighted by Crippen LogP contribution is -2.18. The Bertz CT molecular complexity index is 569. The molecule has 0 aromatic carbocycles. The lowest BCUT2D eigenvalue weighted by atomic mass is 10.3. The molecule has 2 rings (SSSR count). The second-order valence-corrected chi connectivity index (χ2v) is 4.33. The molecular formula is C13H14ClN3O2. The molecule has 0 aliphatic heterocycles. The molecule has 5 nitrogen and oxygen atoms in total. The molecule has 0 atom stereocenters. The first-order valence-electron chi connectivity index (χ1n) is 5.77. The predicted octanol–water partition coefficient (Wildman–Crippen LogP) is 2.44. The van der Waals surface area contributed by atoms with Crippen LogP contribution in [0.1, 0.15) is 10.5 Å². The lowest BCUT2D eigenvalue weighted by molar-refractivity contribution is 0.101. The van der Waals surface area contributed by atoms with Crippen LogP contribution in [0, 0.1) is 0 Å². The molecule has 2 heterocycles. The molecule has 0 unspecified atom stereocenters. The van der Waals surface area contributed by atoms with Crippen LogP contribution in [0.2, 0.25) is 5.02 Å². The van der Waals surface area contributed by atoms with E-state index >= 15 is 0 Å². The molecule has 2 aromatic rings. The molecule has 1 amide bonds. The van der Waals surface area contributed by atoms with E-state index < -0.39 is 0 Å². The van der Waals surface area contributed by atoms with Crippen LogP contribution in [0.25, 0.3) is 0 Å². The number of methoxy groups -OCH3 is 1. The third-order valence-electron chi connectivity index (χ3n) is 2.56. The van der Waals surface area contributed by atoms with Crippen molar-refractivity contribution in [3.63, 3.8) is 0 Å². The highest BCUT2D eigenvalue weighted by Gasteiger charge is 2.11. The molecule has 0 aliphatic rings. The van der Waals surface area contributed by atoms with Crippen LogP contribution in [-0.2, 0) is 11.3 Å². The van der Waals surface area contributed by atoms with E-state index in [-0.39, 0.29) is 5.91 Å². The predicted molar refractivity (Wildman–Crippen MR) is 73.5 cm³/mol. The average molecular weight is 280 g/mol. The number of anilines is 1. The van der Waals surface area contributed by atoms with Crippen LogP contribution >= 0.6 is 11.6 Å². The number of nitrogens with one attached hydrogen (secondary N) is 1. The summed E-state index contributed by atoms with van der Waals surface area (Å²) in [5.41, 5.74) is 0.554. The minimum atomic E-state index is -0.226. The molecule has 1 N–H and O–H groups in total. The van der Waals surface area contributed by atoms with Crippen LogP contribution in [-0.4, -0.2) is 29.2 Å². The van der Waals surface area contributed by atoms with Gasteiger partial charge in [-0.1, -0.05) is 11.6 Å². The van der Waals surface area contributed by atoms with Gasteiger partial charge in [0.15, 0.2) is 0 Å². The largest absolute Gasteiger partial charge is 0.383 e. The summed E-state index contributed by atoms with van der Waals surface area (Å²) in [6, 6.07) is 6.81. The fourth-order valence-corrected chi connectivity index (χ4v) is 1.82. The first kappa shape index (κ1) is 13.6. The summed E-state index contributed by atoms with van der Waals surface area (Å²) >= 11 is 5.84. The van der Waals surface area contributed by atoms with Crippen LogP contribution in [0.4, 0.5) is 5.82 Å². The number of carbonyl (C=O) groups is 1. The Labute approximate surface area is 116 Å². The maximum atomic E-state index is 12.1. The zero-order valence-corrected chi connectivity index (χ0v) is 11.2. The van der Waals surface area contributed by atoms with Crippen molar-refractivity contribution in [3.05, 3.63) is 47.4 Å². The van der Waals surface area contributed by atoms with Crippen LogP contribution < -0.4 is 5.32 Å². The van der Waals surface area contributed by atoms with E-state index in [0.717, 1.165) is 0 Å². The van der Waals surface area contributed by atoms with Gasteiger partial charge in [0, 0.05) is 31.1 Å². The van der Waals surface area contributed by atoms with Gasteiger partial charge in [-0.25, -0.2) is 4.98 Å². The van der Waals surface area contributed by atoms with Gasteiger partial charge in [-0.3, -0.25) is 4.79 Å². The third-order valence-corrected chi connectivity index (χ3v) is 2.80. The number of pyridine rings is 1. The Kier molecular flexibility index (Phi) is 4.54. The summed E-state index contributed by atoms with van der Waals surface area (Å²) in [6.45, 7) is 1.17. The van der Waals surface area contributed by atoms with E-state index in [1.807, 2.05) is 16.8 Å². The van der Waals surface area contributed by atoms with Gasteiger partial charge in [0.2, 0.25) is 0 Å². The van der Waals surface area contributed by atoms with E-state index in [4.69, 9.17) is 16.3 Å². The molecule has 0 spiro atoms. The van der Waals surface area contributed by atoms with Crippen LogP contribution in [0.15, 0.2) is 36.7 Å². The highest BCUT2D eigenvalue weighted by Crippen LogP contribution is 2.13. The molecule has 0 radical (unpaired) electrons. The summed E-state index contributed by atoms with van der Waals surface area (Å²) in [4.78, 5) is 16.1. The molecule has 0 saturated carbocycles. The Balaban J connectivity index is 2.09. The fraction of sp³-hybridized carbons (Fsp3) is 0.231. The van der Waals surface area contributed by atoms with Gasteiger partial charge >= 0.3 is 0 Å². The first-order chi connectivity index (χ1) is 9.20. The van der Waals surface area contributed by atoms with Gasteiger partial charge in [-0.15, -0.1) is 0 Å². The van der Waals surface area contributed by atoms with Crippen LogP contribution in [0.5, 0.6) is 0 Å². The fourth-order valence-electron chi connectivity index (χ4n) is 1.66. The van der Waals surface area contributed by atoms with E-state index in [1.54, 1.807) is 31.5 Å². The van der Waals surface area contributed by atoms with Crippen molar-refractivity contribution >= 4 is 23.3 Å². The number of nitrogens with zero attached hydrogens (tertiary/aromatic N) is 2. The van der Waals surface area contributed by atoms with E-state index in [2.05, 4.69) is 10.3 Å². The van der Waals surface area contributed by atoms with Crippen molar-refractivity contribution in [3.8, 4) is 0 Å². The van der Waals surface area contributed by atoms with E-state index in [0.29, 0.717) is 29.7 Å². The summed E-state index contributed by atoms with van der Waals surface area (Å²) in [6.07, 6.45) is 3.38. The molecule has 0 saturated heterocycles. The lowest BCUT2D eigenvalue weighted by Gasteiger charge is -2.09. The Morgan fingerprint density at radius 3 is 3.11 bits per heavy atom. The summed E-state index contributed by atoms with van der Waals surface area (Å²) in [5.74, 6) is 0.202. The maximum Gasteiger partial charge on any atom is 0.273 e. The summed E-state index contributed by atoms with van der Waals surface area (Å²) in [5, 5.41) is 3.23. The van der Waals surface area contributed by atoms with Gasteiger partial charge in [-0.2, -0.15) is 0 Å². The van der Waals surface area contributed by atoms with Gasteiger partial charge in [0.05, 0.1) is 6.61 Å². The number of rotatable bonds is 5. The molecule has 0 aliphatic carbocycles. The summed E-state index contributed by atoms with van der Waals surface area (Å²) < 4.78 is 6.82. The number of hydrogen-bond acceptors (Lipinski definition) is 3. The van der Waals surface area contributed by atoms with Crippen molar-refractivity contribution in [2.75, 3.05) is 19.0 Å². The SMILES string of the molecule is COCCn1cccc1C(=O)Nc1cc(Cl)ccn1. The Morgan fingerprint density at radius 2 is 2.37 bits per heavy atom. The molecule has 19 heavy (non-hydrogen) atoms.